The van der Waals surface area contributed by atoms with Gasteiger partial charge in [-0.2, -0.15) is 0 Å². The van der Waals surface area contributed by atoms with Crippen LogP contribution in [0.2, 0.25) is 0 Å². The molecule has 1 aliphatic heterocycles. The van der Waals surface area contributed by atoms with Crippen LogP contribution in [0.3, 0.4) is 0 Å². The molecule has 1 aromatic carbocycles. The Balaban J connectivity index is 1.99. The smallest absolute Gasteiger partial charge is 0.373 e. The second kappa shape index (κ2) is 6.04. The zero-order chi connectivity index (χ0) is 13.7. The maximum atomic E-state index is 11.3. The van der Waals surface area contributed by atoms with Crippen LogP contribution in [0.15, 0.2) is 41.6 Å². The molecule has 0 saturated carbocycles. The zero-order valence-electron chi connectivity index (χ0n) is 10.7. The van der Waals surface area contributed by atoms with Crippen LogP contribution in [0.4, 0.5) is 0 Å². The zero-order valence-corrected chi connectivity index (χ0v) is 10.7. The lowest BCUT2D eigenvalue weighted by molar-refractivity contribution is -0.140. The summed E-state index contributed by atoms with van der Waals surface area (Å²) in [5.74, 6) is 0.551. The van der Waals surface area contributed by atoms with Crippen molar-refractivity contribution in [2.45, 2.75) is 6.92 Å². The quantitative estimate of drug-likeness (QED) is 0.461. The number of carbonyl (C=O) groups is 1. The first kappa shape index (κ1) is 13.1. The summed E-state index contributed by atoms with van der Waals surface area (Å²) in [5.41, 5.74) is 0.881. The first-order valence-corrected chi connectivity index (χ1v) is 6.02. The molecule has 19 heavy (non-hydrogen) atoms. The van der Waals surface area contributed by atoms with Crippen molar-refractivity contribution in [1.82, 2.24) is 0 Å². The van der Waals surface area contributed by atoms with Gasteiger partial charge < -0.3 is 14.2 Å². The Morgan fingerprint density at radius 1 is 1.42 bits per heavy atom. The molecule has 0 bridgehead atoms. The van der Waals surface area contributed by atoms with Crippen molar-refractivity contribution in [3.8, 4) is 5.75 Å². The van der Waals surface area contributed by atoms with Gasteiger partial charge in [0.25, 0.3) is 0 Å². The van der Waals surface area contributed by atoms with E-state index < -0.39 is 5.97 Å². The van der Waals surface area contributed by atoms with Gasteiger partial charge in [-0.1, -0.05) is 0 Å². The summed E-state index contributed by atoms with van der Waals surface area (Å²) < 4.78 is 15.4. The standard InChI is InChI=1S/C14H15NO4/c1-3-17-14(16)10(2)19-12-6-4-11(5-7-12)13-15-8-9-18-13/h4-7H,2-3,8-9H2,1H3. The average molecular weight is 261 g/mol. The SMILES string of the molecule is C=C(Oc1ccc(C2=NCCO2)cc1)C(=O)OCC. The van der Waals surface area contributed by atoms with E-state index in [0.717, 1.165) is 5.56 Å². The molecule has 5 heteroatoms. The van der Waals surface area contributed by atoms with E-state index in [1.165, 1.54) is 0 Å². The highest BCUT2D eigenvalue weighted by Gasteiger charge is 2.12. The molecule has 0 radical (unpaired) electrons. The summed E-state index contributed by atoms with van der Waals surface area (Å²) in [6, 6.07) is 7.09. The number of ether oxygens (including phenoxy) is 3. The van der Waals surface area contributed by atoms with Crippen molar-refractivity contribution in [2.24, 2.45) is 4.99 Å². The van der Waals surface area contributed by atoms with E-state index in [-0.39, 0.29) is 12.4 Å². The van der Waals surface area contributed by atoms with Crippen LogP contribution < -0.4 is 4.74 Å². The van der Waals surface area contributed by atoms with Gasteiger partial charge in [0, 0.05) is 5.56 Å². The van der Waals surface area contributed by atoms with Crippen LogP contribution in [-0.2, 0) is 14.3 Å². The Morgan fingerprint density at radius 3 is 2.74 bits per heavy atom. The van der Waals surface area contributed by atoms with E-state index in [1.807, 2.05) is 12.1 Å². The maximum Gasteiger partial charge on any atom is 0.373 e. The minimum atomic E-state index is -0.560. The van der Waals surface area contributed by atoms with Crippen molar-refractivity contribution in [2.75, 3.05) is 19.8 Å². The molecular formula is C14H15NO4. The number of aliphatic imine (C=N–C) groups is 1. The first-order valence-electron chi connectivity index (χ1n) is 6.02. The molecule has 2 rings (SSSR count). The topological polar surface area (TPSA) is 57.1 Å². The third-order valence-electron chi connectivity index (χ3n) is 2.43. The number of benzene rings is 1. The molecular weight excluding hydrogens is 246 g/mol. The van der Waals surface area contributed by atoms with Gasteiger partial charge >= 0.3 is 5.97 Å². The van der Waals surface area contributed by atoms with Crippen molar-refractivity contribution in [3.05, 3.63) is 42.2 Å². The van der Waals surface area contributed by atoms with Gasteiger partial charge in [0.2, 0.25) is 11.7 Å². The molecule has 0 spiro atoms. The fourth-order valence-corrected chi connectivity index (χ4v) is 1.57. The molecule has 1 aromatic rings. The minimum absolute atomic E-state index is 0.0379. The van der Waals surface area contributed by atoms with E-state index in [0.29, 0.717) is 24.8 Å². The minimum Gasteiger partial charge on any atom is -0.476 e. The third-order valence-corrected chi connectivity index (χ3v) is 2.43. The average Bonchev–Trinajstić information content (AvgIpc) is 2.94. The lowest BCUT2D eigenvalue weighted by Gasteiger charge is -2.08. The van der Waals surface area contributed by atoms with Crippen molar-refractivity contribution < 1.29 is 19.0 Å². The van der Waals surface area contributed by atoms with Gasteiger partial charge in [-0.3, -0.25) is 0 Å². The Hall–Kier alpha value is -2.30. The highest BCUT2D eigenvalue weighted by atomic mass is 16.6. The Labute approximate surface area is 111 Å². The van der Waals surface area contributed by atoms with Crippen LogP contribution in [0.1, 0.15) is 12.5 Å². The van der Waals surface area contributed by atoms with Crippen molar-refractivity contribution in [3.63, 3.8) is 0 Å². The predicted molar refractivity (Wildman–Crippen MR) is 70.2 cm³/mol. The molecule has 0 saturated heterocycles. The van der Waals surface area contributed by atoms with Gasteiger partial charge in [-0.25, -0.2) is 9.79 Å². The Kier molecular flexibility index (Phi) is 4.18. The molecule has 0 fully saturated rings. The van der Waals surface area contributed by atoms with Crippen LogP contribution in [0.25, 0.3) is 0 Å². The van der Waals surface area contributed by atoms with Crippen LogP contribution in [0, 0.1) is 0 Å². The second-order valence-electron chi connectivity index (χ2n) is 3.81. The fraction of sp³-hybridized carbons (Fsp3) is 0.286. The van der Waals surface area contributed by atoms with E-state index in [9.17, 15) is 4.79 Å². The Morgan fingerprint density at radius 2 is 2.16 bits per heavy atom. The third kappa shape index (κ3) is 3.34. The molecule has 0 atom stereocenters. The molecule has 0 N–H and O–H groups in total. The summed E-state index contributed by atoms with van der Waals surface area (Å²) in [7, 11) is 0. The van der Waals surface area contributed by atoms with Crippen LogP contribution in [0.5, 0.6) is 5.75 Å². The number of nitrogens with zero attached hydrogens (tertiary/aromatic N) is 1. The number of rotatable bonds is 5. The van der Waals surface area contributed by atoms with Gasteiger partial charge in [-0.05, 0) is 37.8 Å². The highest BCUT2D eigenvalue weighted by Crippen LogP contribution is 2.17. The van der Waals surface area contributed by atoms with E-state index in [4.69, 9.17) is 14.2 Å². The predicted octanol–water partition coefficient (Wildman–Crippen LogP) is 1.92. The number of hydrogen-bond donors (Lipinski definition) is 0. The highest BCUT2D eigenvalue weighted by molar-refractivity contribution is 5.95. The summed E-state index contributed by atoms with van der Waals surface area (Å²) in [6.45, 7) is 6.84. The fourth-order valence-electron chi connectivity index (χ4n) is 1.57. The van der Waals surface area contributed by atoms with Gasteiger partial charge in [0.05, 0.1) is 13.2 Å². The summed E-state index contributed by atoms with van der Waals surface area (Å²) in [6.07, 6.45) is 0. The molecule has 100 valence electrons. The molecule has 5 nitrogen and oxygen atoms in total. The molecule has 1 aliphatic rings. The van der Waals surface area contributed by atoms with Gasteiger partial charge in [0.1, 0.15) is 12.4 Å². The number of esters is 1. The molecule has 0 aliphatic carbocycles. The van der Waals surface area contributed by atoms with Crippen molar-refractivity contribution in [1.29, 1.82) is 0 Å². The molecule has 1 heterocycles. The summed E-state index contributed by atoms with van der Waals surface area (Å²) in [5, 5.41) is 0. The molecule has 0 aromatic heterocycles. The monoisotopic (exact) mass is 261 g/mol. The lowest BCUT2D eigenvalue weighted by Crippen LogP contribution is -2.11. The largest absolute Gasteiger partial charge is 0.476 e. The van der Waals surface area contributed by atoms with E-state index in [2.05, 4.69) is 11.6 Å². The number of carbonyl (C=O) groups excluding carboxylic acids is 1. The maximum absolute atomic E-state index is 11.3. The van der Waals surface area contributed by atoms with Gasteiger partial charge in [-0.15, -0.1) is 0 Å². The second-order valence-corrected chi connectivity index (χ2v) is 3.81. The summed E-state index contributed by atoms with van der Waals surface area (Å²) >= 11 is 0. The van der Waals surface area contributed by atoms with E-state index >= 15 is 0 Å². The van der Waals surface area contributed by atoms with E-state index in [1.54, 1.807) is 19.1 Å². The summed E-state index contributed by atoms with van der Waals surface area (Å²) in [4.78, 5) is 15.5. The van der Waals surface area contributed by atoms with Crippen LogP contribution in [-0.4, -0.2) is 31.6 Å². The number of hydrogen-bond acceptors (Lipinski definition) is 5. The van der Waals surface area contributed by atoms with Crippen LogP contribution >= 0.6 is 0 Å². The molecule has 0 unspecified atom stereocenters. The molecule has 0 amide bonds. The Bertz CT molecular complexity index is 505. The first-order chi connectivity index (χ1) is 9.20. The normalized spacial score (nSPS) is 13.4. The lowest BCUT2D eigenvalue weighted by atomic mass is 10.2. The van der Waals surface area contributed by atoms with Gasteiger partial charge in [0.15, 0.2) is 0 Å². The van der Waals surface area contributed by atoms with Crippen molar-refractivity contribution >= 4 is 11.9 Å².